The highest BCUT2D eigenvalue weighted by Crippen LogP contribution is 2.22. The second-order valence-electron chi connectivity index (χ2n) is 7.28. The summed E-state index contributed by atoms with van der Waals surface area (Å²) in [4.78, 5) is 2.54. The fourth-order valence-electron chi connectivity index (χ4n) is 3.10. The van der Waals surface area contributed by atoms with Crippen LogP contribution in [0.25, 0.3) is 0 Å². The van der Waals surface area contributed by atoms with Gasteiger partial charge in [-0.15, -0.1) is 0 Å². The number of aliphatic hydroxyl groups is 1. The first-order valence-corrected chi connectivity index (χ1v) is 8.11. The monoisotopic (exact) mass is 290 g/mol. The van der Waals surface area contributed by atoms with E-state index in [1.807, 2.05) is 0 Å². The van der Waals surface area contributed by atoms with Crippen molar-refractivity contribution in [3.63, 3.8) is 0 Å². The van der Waals surface area contributed by atoms with Crippen LogP contribution in [-0.2, 0) is 6.54 Å². The maximum Gasteiger partial charge on any atom is 0.0436 e. The first-order valence-electron chi connectivity index (χ1n) is 8.11. The summed E-state index contributed by atoms with van der Waals surface area (Å²) in [5.74, 6) is 0.679. The van der Waals surface area contributed by atoms with Crippen molar-refractivity contribution in [2.75, 3.05) is 26.2 Å². The SMILES string of the molecule is CC1CN(Cc2ccccc2)CC1NCC(C)(C)CCO. The molecule has 1 saturated heterocycles. The van der Waals surface area contributed by atoms with Crippen LogP contribution in [0.2, 0.25) is 0 Å². The van der Waals surface area contributed by atoms with E-state index in [1.165, 1.54) is 5.56 Å². The van der Waals surface area contributed by atoms with Gasteiger partial charge in [0.1, 0.15) is 0 Å². The van der Waals surface area contributed by atoms with Crippen molar-refractivity contribution in [1.29, 1.82) is 0 Å². The molecule has 2 atom stereocenters. The molecule has 3 heteroatoms. The summed E-state index contributed by atoms with van der Waals surface area (Å²) in [7, 11) is 0. The first-order chi connectivity index (χ1) is 10.00. The molecule has 3 nitrogen and oxygen atoms in total. The molecule has 1 aromatic carbocycles. The molecule has 0 bridgehead atoms. The van der Waals surface area contributed by atoms with Gasteiger partial charge in [0.25, 0.3) is 0 Å². The van der Waals surface area contributed by atoms with Gasteiger partial charge in [-0.3, -0.25) is 4.90 Å². The van der Waals surface area contributed by atoms with Crippen molar-refractivity contribution in [2.24, 2.45) is 11.3 Å². The Hall–Kier alpha value is -0.900. The van der Waals surface area contributed by atoms with Crippen LogP contribution in [-0.4, -0.2) is 42.3 Å². The van der Waals surface area contributed by atoms with Gasteiger partial charge in [-0.25, -0.2) is 0 Å². The van der Waals surface area contributed by atoms with Gasteiger partial charge in [0.05, 0.1) is 0 Å². The number of nitrogens with one attached hydrogen (secondary N) is 1. The summed E-state index contributed by atoms with van der Waals surface area (Å²) in [6, 6.07) is 11.3. The number of benzene rings is 1. The summed E-state index contributed by atoms with van der Waals surface area (Å²) < 4.78 is 0. The summed E-state index contributed by atoms with van der Waals surface area (Å²) in [5, 5.41) is 12.8. The third-order valence-electron chi connectivity index (χ3n) is 4.57. The van der Waals surface area contributed by atoms with Gasteiger partial charge in [0, 0.05) is 38.8 Å². The van der Waals surface area contributed by atoms with Gasteiger partial charge >= 0.3 is 0 Å². The van der Waals surface area contributed by atoms with Gasteiger partial charge in [0.15, 0.2) is 0 Å². The van der Waals surface area contributed by atoms with Crippen molar-refractivity contribution in [3.8, 4) is 0 Å². The largest absolute Gasteiger partial charge is 0.396 e. The van der Waals surface area contributed by atoms with Crippen LogP contribution in [0.3, 0.4) is 0 Å². The van der Waals surface area contributed by atoms with E-state index in [-0.39, 0.29) is 12.0 Å². The fraction of sp³-hybridized carbons (Fsp3) is 0.667. The molecule has 2 N–H and O–H groups in total. The highest BCUT2D eigenvalue weighted by atomic mass is 16.3. The lowest BCUT2D eigenvalue weighted by Crippen LogP contribution is -2.41. The Morgan fingerprint density at radius 2 is 1.95 bits per heavy atom. The van der Waals surface area contributed by atoms with E-state index >= 15 is 0 Å². The Morgan fingerprint density at radius 3 is 2.62 bits per heavy atom. The molecule has 1 heterocycles. The molecule has 21 heavy (non-hydrogen) atoms. The van der Waals surface area contributed by atoms with Crippen LogP contribution in [0.1, 0.15) is 32.8 Å². The Morgan fingerprint density at radius 1 is 1.24 bits per heavy atom. The van der Waals surface area contributed by atoms with E-state index in [0.717, 1.165) is 32.6 Å². The van der Waals surface area contributed by atoms with E-state index in [0.29, 0.717) is 12.0 Å². The molecule has 1 aliphatic rings. The average molecular weight is 290 g/mol. The standard InChI is InChI=1S/C18H30N2O/c1-15-11-20(12-16-7-5-4-6-8-16)13-17(15)19-14-18(2,3)9-10-21/h4-8,15,17,19,21H,9-14H2,1-3H3. The van der Waals surface area contributed by atoms with E-state index in [2.05, 4.69) is 61.3 Å². The minimum absolute atomic E-state index is 0.168. The Balaban J connectivity index is 1.81. The fourth-order valence-corrected chi connectivity index (χ4v) is 3.10. The maximum absolute atomic E-state index is 9.12. The van der Waals surface area contributed by atoms with Gasteiger partial charge in [-0.05, 0) is 23.3 Å². The number of nitrogens with zero attached hydrogens (tertiary/aromatic N) is 1. The molecule has 1 aliphatic heterocycles. The molecule has 0 saturated carbocycles. The van der Waals surface area contributed by atoms with Crippen molar-refractivity contribution in [2.45, 2.75) is 39.8 Å². The predicted molar refractivity (Wildman–Crippen MR) is 88.2 cm³/mol. The molecule has 0 aliphatic carbocycles. The number of rotatable bonds is 7. The summed E-state index contributed by atoms with van der Waals surface area (Å²) in [6.45, 7) is 11.3. The summed E-state index contributed by atoms with van der Waals surface area (Å²) in [6.07, 6.45) is 0.856. The molecular formula is C18H30N2O. The molecule has 2 rings (SSSR count). The van der Waals surface area contributed by atoms with Crippen LogP contribution in [0, 0.1) is 11.3 Å². The molecule has 118 valence electrons. The second kappa shape index (κ2) is 7.39. The summed E-state index contributed by atoms with van der Waals surface area (Å²) in [5.41, 5.74) is 1.56. The zero-order chi connectivity index (χ0) is 15.3. The maximum atomic E-state index is 9.12. The topological polar surface area (TPSA) is 35.5 Å². The summed E-state index contributed by atoms with van der Waals surface area (Å²) >= 11 is 0. The minimum Gasteiger partial charge on any atom is -0.396 e. The van der Waals surface area contributed by atoms with Crippen LogP contribution in [0.5, 0.6) is 0 Å². The van der Waals surface area contributed by atoms with Gasteiger partial charge < -0.3 is 10.4 Å². The highest BCUT2D eigenvalue weighted by molar-refractivity contribution is 5.14. The zero-order valence-corrected chi connectivity index (χ0v) is 13.7. The van der Waals surface area contributed by atoms with Crippen LogP contribution >= 0.6 is 0 Å². The number of likely N-dealkylation sites (tertiary alicyclic amines) is 1. The predicted octanol–water partition coefficient (Wildman–Crippen LogP) is 2.51. The van der Waals surface area contributed by atoms with Crippen molar-refractivity contribution in [1.82, 2.24) is 10.2 Å². The normalized spacial score (nSPS) is 23.6. The molecule has 0 spiro atoms. The molecule has 0 radical (unpaired) electrons. The number of hydrogen-bond acceptors (Lipinski definition) is 3. The Labute approximate surface area is 129 Å². The van der Waals surface area contributed by atoms with Crippen LogP contribution < -0.4 is 5.32 Å². The third kappa shape index (κ3) is 5.10. The zero-order valence-electron chi connectivity index (χ0n) is 13.7. The van der Waals surface area contributed by atoms with Crippen molar-refractivity contribution in [3.05, 3.63) is 35.9 Å². The van der Waals surface area contributed by atoms with E-state index in [9.17, 15) is 0 Å². The van der Waals surface area contributed by atoms with Crippen molar-refractivity contribution < 1.29 is 5.11 Å². The van der Waals surface area contributed by atoms with Gasteiger partial charge in [0.2, 0.25) is 0 Å². The van der Waals surface area contributed by atoms with Gasteiger partial charge in [-0.1, -0.05) is 51.1 Å². The second-order valence-corrected chi connectivity index (χ2v) is 7.28. The van der Waals surface area contributed by atoms with Crippen molar-refractivity contribution >= 4 is 0 Å². The lowest BCUT2D eigenvalue weighted by molar-refractivity contribution is 0.200. The average Bonchev–Trinajstić information content (AvgIpc) is 2.78. The lowest BCUT2D eigenvalue weighted by atomic mass is 9.89. The molecule has 0 amide bonds. The highest BCUT2D eigenvalue weighted by Gasteiger charge is 2.30. The minimum atomic E-state index is 0.168. The van der Waals surface area contributed by atoms with Crippen LogP contribution in [0.4, 0.5) is 0 Å². The van der Waals surface area contributed by atoms with E-state index < -0.39 is 0 Å². The van der Waals surface area contributed by atoms with Crippen LogP contribution in [0.15, 0.2) is 30.3 Å². The Bertz CT molecular complexity index is 418. The molecule has 0 aromatic heterocycles. The molecular weight excluding hydrogens is 260 g/mol. The molecule has 1 aromatic rings. The first kappa shape index (κ1) is 16.5. The third-order valence-corrected chi connectivity index (χ3v) is 4.57. The number of aliphatic hydroxyl groups excluding tert-OH is 1. The van der Waals surface area contributed by atoms with E-state index in [1.54, 1.807) is 0 Å². The van der Waals surface area contributed by atoms with Gasteiger partial charge in [-0.2, -0.15) is 0 Å². The Kier molecular flexibility index (Phi) is 5.80. The number of hydrogen-bond donors (Lipinski definition) is 2. The quantitative estimate of drug-likeness (QED) is 0.810. The van der Waals surface area contributed by atoms with E-state index in [4.69, 9.17) is 5.11 Å². The molecule has 1 fully saturated rings. The lowest BCUT2D eigenvalue weighted by Gasteiger charge is -2.27. The smallest absolute Gasteiger partial charge is 0.0436 e. The molecule has 2 unspecified atom stereocenters.